The van der Waals surface area contributed by atoms with E-state index in [4.69, 9.17) is 30.5 Å². The fraction of sp³-hybridized carbons (Fsp3) is 0.409. The number of halogens is 1. The molecule has 1 aliphatic heterocycles. The van der Waals surface area contributed by atoms with E-state index in [2.05, 4.69) is 0 Å². The average Bonchev–Trinajstić information content (AvgIpc) is 2.82. The Bertz CT molecular complexity index is 1010. The first-order chi connectivity index (χ1) is 15.4. The van der Waals surface area contributed by atoms with E-state index in [9.17, 15) is 13.2 Å². The van der Waals surface area contributed by atoms with E-state index in [0.717, 1.165) is 12.2 Å². The first-order valence-corrected chi connectivity index (χ1v) is 12.1. The Hall–Kier alpha value is -2.33. The van der Waals surface area contributed by atoms with Gasteiger partial charge in [-0.1, -0.05) is 18.5 Å². The molecular weight excluding hydrogens is 458 g/mol. The topological polar surface area (TPSA) is 91.4 Å². The van der Waals surface area contributed by atoms with Crippen LogP contribution in [-0.4, -0.2) is 64.8 Å². The average molecular weight is 484 g/mol. The van der Waals surface area contributed by atoms with Crippen LogP contribution >= 0.6 is 11.6 Å². The van der Waals surface area contributed by atoms with Crippen LogP contribution in [0.4, 0.5) is 0 Å². The Morgan fingerprint density at radius 2 is 1.62 bits per heavy atom. The number of rotatable bonds is 10. The van der Waals surface area contributed by atoms with Gasteiger partial charge in [-0.25, -0.2) is 13.2 Å². The van der Waals surface area contributed by atoms with Gasteiger partial charge in [-0.05, 0) is 48.9 Å². The largest absolute Gasteiger partial charge is 0.494 e. The van der Waals surface area contributed by atoms with Crippen molar-refractivity contribution in [3.05, 3.63) is 53.1 Å². The molecule has 3 rings (SSSR count). The number of carbonyl (C=O) groups excluding carboxylic acids is 1. The number of esters is 1. The normalized spacial score (nSPS) is 14.7. The summed E-state index contributed by atoms with van der Waals surface area (Å²) >= 11 is 6.12. The van der Waals surface area contributed by atoms with Crippen LogP contribution in [0.2, 0.25) is 5.02 Å². The van der Waals surface area contributed by atoms with Crippen LogP contribution < -0.4 is 9.47 Å². The third-order valence-corrected chi connectivity index (χ3v) is 7.02. The molecule has 1 aliphatic rings. The molecule has 0 bridgehead atoms. The number of morpholine rings is 1. The fourth-order valence-electron chi connectivity index (χ4n) is 2.98. The number of sulfonamides is 1. The molecule has 0 atom stereocenters. The number of hydrogen-bond acceptors (Lipinski definition) is 7. The lowest BCUT2D eigenvalue weighted by molar-refractivity contribution is 0.0450. The summed E-state index contributed by atoms with van der Waals surface area (Å²) in [4.78, 5) is 12.3. The van der Waals surface area contributed by atoms with Gasteiger partial charge in [0.15, 0.2) is 0 Å². The SMILES string of the molecule is CCCOc1ccc(OCCOC(=O)c2ccc(Cl)c(S(=O)(=O)N3CCOCC3)c2)cc1. The van der Waals surface area contributed by atoms with Crippen molar-refractivity contribution in [3.63, 3.8) is 0 Å². The van der Waals surface area contributed by atoms with E-state index in [0.29, 0.717) is 25.6 Å². The standard InChI is InChI=1S/C22H26ClNO7S/c1-2-11-29-18-4-6-19(7-5-18)30-14-15-31-22(25)17-3-8-20(23)21(16-17)32(26,27)24-9-12-28-13-10-24/h3-8,16H,2,9-15H2,1H3. The number of benzene rings is 2. The van der Waals surface area contributed by atoms with Crippen LogP contribution in [0.5, 0.6) is 11.5 Å². The van der Waals surface area contributed by atoms with Crippen molar-refractivity contribution in [2.24, 2.45) is 0 Å². The van der Waals surface area contributed by atoms with Crippen molar-refractivity contribution in [3.8, 4) is 11.5 Å². The number of carbonyl (C=O) groups is 1. The summed E-state index contributed by atoms with van der Waals surface area (Å²) in [6.07, 6.45) is 0.928. The minimum absolute atomic E-state index is 0.00108. The lowest BCUT2D eigenvalue weighted by Gasteiger charge is -2.26. The van der Waals surface area contributed by atoms with E-state index in [1.807, 2.05) is 6.92 Å². The molecule has 1 fully saturated rings. The van der Waals surface area contributed by atoms with Gasteiger partial charge in [0.1, 0.15) is 29.6 Å². The van der Waals surface area contributed by atoms with Crippen LogP contribution in [-0.2, 0) is 19.5 Å². The van der Waals surface area contributed by atoms with Crippen molar-refractivity contribution in [1.82, 2.24) is 4.31 Å². The van der Waals surface area contributed by atoms with Gasteiger partial charge in [0.05, 0.1) is 30.4 Å². The molecular formula is C22H26ClNO7S. The van der Waals surface area contributed by atoms with Crippen LogP contribution in [0, 0.1) is 0 Å². The number of ether oxygens (including phenoxy) is 4. The highest BCUT2D eigenvalue weighted by Gasteiger charge is 2.29. The molecule has 1 saturated heterocycles. The maximum absolute atomic E-state index is 12.9. The predicted octanol–water partition coefficient (Wildman–Crippen LogP) is 3.39. The highest BCUT2D eigenvalue weighted by Crippen LogP contribution is 2.27. The molecule has 0 saturated carbocycles. The molecule has 0 aromatic heterocycles. The molecule has 0 spiro atoms. The molecule has 0 aliphatic carbocycles. The maximum Gasteiger partial charge on any atom is 0.338 e. The maximum atomic E-state index is 12.9. The smallest absolute Gasteiger partial charge is 0.338 e. The zero-order valence-corrected chi connectivity index (χ0v) is 19.4. The zero-order chi connectivity index (χ0) is 23.0. The Balaban J connectivity index is 1.54. The third kappa shape index (κ3) is 6.35. The van der Waals surface area contributed by atoms with Gasteiger partial charge in [0, 0.05) is 13.1 Å². The van der Waals surface area contributed by atoms with Gasteiger partial charge in [0.25, 0.3) is 0 Å². The fourth-order valence-corrected chi connectivity index (χ4v) is 4.89. The van der Waals surface area contributed by atoms with Crippen molar-refractivity contribution >= 4 is 27.6 Å². The minimum Gasteiger partial charge on any atom is -0.494 e. The van der Waals surface area contributed by atoms with Gasteiger partial charge < -0.3 is 18.9 Å². The van der Waals surface area contributed by atoms with Gasteiger partial charge in [-0.3, -0.25) is 0 Å². The van der Waals surface area contributed by atoms with Crippen molar-refractivity contribution in [1.29, 1.82) is 0 Å². The Kier molecular flexibility index (Phi) is 8.75. The number of nitrogens with zero attached hydrogens (tertiary/aromatic N) is 1. The molecule has 10 heteroatoms. The molecule has 174 valence electrons. The highest BCUT2D eigenvalue weighted by atomic mass is 35.5. The predicted molar refractivity (Wildman–Crippen MR) is 119 cm³/mol. The van der Waals surface area contributed by atoms with Crippen LogP contribution in [0.3, 0.4) is 0 Å². The Labute approximate surface area is 193 Å². The molecule has 2 aromatic rings. The molecule has 0 unspecified atom stereocenters. The third-order valence-electron chi connectivity index (χ3n) is 4.64. The molecule has 1 heterocycles. The highest BCUT2D eigenvalue weighted by molar-refractivity contribution is 7.89. The number of hydrogen-bond donors (Lipinski definition) is 0. The van der Waals surface area contributed by atoms with E-state index >= 15 is 0 Å². The zero-order valence-electron chi connectivity index (χ0n) is 17.8. The summed E-state index contributed by atoms with van der Waals surface area (Å²) in [6.45, 7) is 3.92. The summed E-state index contributed by atoms with van der Waals surface area (Å²) in [5, 5.41) is 0.0442. The second kappa shape index (κ2) is 11.5. The monoisotopic (exact) mass is 483 g/mol. The van der Waals surface area contributed by atoms with Gasteiger partial charge >= 0.3 is 5.97 Å². The quantitative estimate of drug-likeness (QED) is 0.378. The second-order valence-electron chi connectivity index (χ2n) is 6.97. The molecule has 32 heavy (non-hydrogen) atoms. The van der Waals surface area contributed by atoms with E-state index in [-0.39, 0.29) is 41.8 Å². The van der Waals surface area contributed by atoms with Gasteiger partial charge in [-0.15, -0.1) is 0 Å². The molecule has 2 aromatic carbocycles. The molecule has 0 radical (unpaired) electrons. The molecule has 8 nitrogen and oxygen atoms in total. The van der Waals surface area contributed by atoms with E-state index < -0.39 is 16.0 Å². The summed E-state index contributed by atoms with van der Waals surface area (Å²) in [5.41, 5.74) is 0.0960. The Morgan fingerprint density at radius 3 is 2.25 bits per heavy atom. The van der Waals surface area contributed by atoms with Crippen LogP contribution in [0.15, 0.2) is 47.4 Å². The summed E-state index contributed by atoms with van der Waals surface area (Å²) in [5.74, 6) is 0.721. The van der Waals surface area contributed by atoms with E-state index in [1.54, 1.807) is 24.3 Å². The molecule has 0 N–H and O–H groups in total. The summed E-state index contributed by atoms with van der Waals surface area (Å²) in [7, 11) is -3.84. The first kappa shape index (κ1) is 24.3. The van der Waals surface area contributed by atoms with Gasteiger partial charge in [0.2, 0.25) is 10.0 Å². The molecule has 0 amide bonds. The first-order valence-electron chi connectivity index (χ1n) is 10.3. The Morgan fingerprint density at radius 1 is 1.00 bits per heavy atom. The minimum atomic E-state index is -3.84. The van der Waals surface area contributed by atoms with E-state index in [1.165, 1.54) is 22.5 Å². The summed E-state index contributed by atoms with van der Waals surface area (Å²) in [6, 6.07) is 11.2. The summed E-state index contributed by atoms with van der Waals surface area (Å²) < 4.78 is 48.6. The van der Waals surface area contributed by atoms with Crippen molar-refractivity contribution < 1.29 is 32.2 Å². The van der Waals surface area contributed by atoms with Crippen LogP contribution in [0.1, 0.15) is 23.7 Å². The van der Waals surface area contributed by atoms with Crippen LogP contribution in [0.25, 0.3) is 0 Å². The van der Waals surface area contributed by atoms with Gasteiger partial charge in [-0.2, -0.15) is 4.31 Å². The second-order valence-corrected chi connectivity index (χ2v) is 9.28. The van der Waals surface area contributed by atoms with Crippen molar-refractivity contribution in [2.75, 3.05) is 46.1 Å². The lowest BCUT2D eigenvalue weighted by Crippen LogP contribution is -2.40. The van der Waals surface area contributed by atoms with Crippen molar-refractivity contribution in [2.45, 2.75) is 18.2 Å². The lowest BCUT2D eigenvalue weighted by atomic mass is 10.2.